The van der Waals surface area contributed by atoms with Crippen LogP contribution in [-0.2, 0) is 31.1 Å². The number of fused-ring (bicyclic) bond motifs is 1. The van der Waals surface area contributed by atoms with E-state index in [0.29, 0.717) is 42.0 Å². The summed E-state index contributed by atoms with van der Waals surface area (Å²) in [5.74, 6) is -0.278. The van der Waals surface area contributed by atoms with Crippen molar-refractivity contribution in [3.8, 4) is 5.75 Å². The van der Waals surface area contributed by atoms with E-state index < -0.39 is 35.2 Å². The minimum absolute atomic E-state index is 0.211. The lowest BCUT2D eigenvalue weighted by atomic mass is 9.54. The number of rotatable bonds is 21. The zero-order chi connectivity index (χ0) is 37.8. The van der Waals surface area contributed by atoms with Gasteiger partial charge in [0.25, 0.3) is 0 Å². The molecule has 2 N–H and O–H groups in total. The SMILES string of the molecule is CCCCCCCCCCCCCCCCCC(=O)O[C@H](C(=O)OC1=CC[C@@]2(O)[C@@H](C)N(C)CC[C@@]23c2c(C)ccc(CO)c2O[C@@H]13)c1ccccc1. The van der Waals surface area contributed by atoms with Gasteiger partial charge in [0, 0.05) is 35.6 Å². The number of nitrogens with zero attached hydrogens (tertiary/aromatic N) is 1. The van der Waals surface area contributed by atoms with E-state index in [1.165, 1.54) is 77.0 Å². The molecule has 0 radical (unpaired) electrons. The summed E-state index contributed by atoms with van der Waals surface area (Å²) in [6.07, 6.45) is 19.5. The van der Waals surface area contributed by atoms with E-state index in [1.54, 1.807) is 18.2 Å². The molecule has 2 heterocycles. The number of aliphatic hydroxyl groups excluding tert-OH is 1. The van der Waals surface area contributed by atoms with Gasteiger partial charge in [-0.1, -0.05) is 139 Å². The standard InChI is InChI=1S/C45H65NO7/c1-5-6-7-8-9-10-11-12-13-14-15-16-17-18-22-25-38(48)52-41(35-23-20-19-21-24-35)43(49)51-37-28-29-45(50)34(3)46(4)31-30-44(45)39-33(2)26-27-36(32-47)40(39)53-42(37)44/h19-21,23-24,26-28,34,41-42,47,50H,5-18,22,25,29-32H2,1-4H3/t34-,41+,42+,44+,45-/m1/s1. The number of carbonyl (C=O) groups is 2. The van der Waals surface area contributed by atoms with Gasteiger partial charge < -0.3 is 29.3 Å². The topological polar surface area (TPSA) is 106 Å². The number of esters is 2. The average molecular weight is 732 g/mol. The Labute approximate surface area is 318 Å². The minimum Gasteiger partial charge on any atom is -0.481 e. The molecule has 1 fully saturated rings. The first-order valence-corrected chi connectivity index (χ1v) is 20.7. The van der Waals surface area contributed by atoms with Crippen LogP contribution in [0.2, 0.25) is 0 Å². The molecule has 1 aliphatic carbocycles. The van der Waals surface area contributed by atoms with Crippen LogP contribution in [0.1, 0.15) is 158 Å². The maximum absolute atomic E-state index is 14.1. The van der Waals surface area contributed by atoms with Crippen LogP contribution in [0.5, 0.6) is 5.75 Å². The highest BCUT2D eigenvalue weighted by Crippen LogP contribution is 2.61. The maximum Gasteiger partial charge on any atom is 0.357 e. The lowest BCUT2D eigenvalue weighted by Crippen LogP contribution is -2.71. The number of aryl methyl sites for hydroxylation is 1. The van der Waals surface area contributed by atoms with E-state index >= 15 is 0 Å². The van der Waals surface area contributed by atoms with E-state index in [0.717, 1.165) is 24.0 Å². The Kier molecular flexibility index (Phi) is 15.0. The Morgan fingerprint density at radius 2 is 1.51 bits per heavy atom. The van der Waals surface area contributed by atoms with Crippen molar-refractivity contribution in [3.63, 3.8) is 0 Å². The number of piperidine rings is 1. The van der Waals surface area contributed by atoms with E-state index in [1.807, 2.05) is 51.2 Å². The quantitative estimate of drug-likeness (QED) is 0.0967. The number of ether oxygens (including phenoxy) is 3. The van der Waals surface area contributed by atoms with Gasteiger partial charge in [0.05, 0.1) is 17.6 Å². The summed E-state index contributed by atoms with van der Waals surface area (Å²) in [6.45, 7) is 6.77. The normalized spacial score (nSPS) is 24.0. The molecule has 3 aliphatic rings. The van der Waals surface area contributed by atoms with E-state index in [-0.39, 0.29) is 25.5 Å². The molecule has 2 aromatic carbocycles. The molecule has 292 valence electrons. The lowest BCUT2D eigenvalue weighted by Gasteiger charge is -2.58. The number of benzene rings is 2. The molecular formula is C45H65NO7. The summed E-state index contributed by atoms with van der Waals surface area (Å²) in [7, 11) is 2.01. The fraction of sp³-hybridized carbons (Fsp3) is 0.644. The predicted octanol–water partition coefficient (Wildman–Crippen LogP) is 9.32. The molecule has 1 saturated heterocycles. The Morgan fingerprint density at radius 1 is 0.906 bits per heavy atom. The molecule has 53 heavy (non-hydrogen) atoms. The Balaban J connectivity index is 1.17. The lowest BCUT2D eigenvalue weighted by molar-refractivity contribution is -0.173. The molecule has 0 amide bonds. The Bertz CT molecular complexity index is 1520. The van der Waals surface area contributed by atoms with Gasteiger partial charge in [-0.05, 0) is 51.9 Å². The van der Waals surface area contributed by atoms with Gasteiger partial charge in [0.15, 0.2) is 6.10 Å². The van der Waals surface area contributed by atoms with E-state index in [2.05, 4.69) is 11.8 Å². The zero-order valence-corrected chi connectivity index (χ0v) is 32.9. The Morgan fingerprint density at radius 3 is 2.11 bits per heavy atom. The van der Waals surface area contributed by atoms with Gasteiger partial charge in [0.2, 0.25) is 6.10 Å². The predicted molar refractivity (Wildman–Crippen MR) is 208 cm³/mol. The maximum atomic E-state index is 14.1. The van der Waals surface area contributed by atoms with Crippen molar-refractivity contribution in [2.75, 3.05) is 13.6 Å². The Hall–Kier alpha value is -3.20. The van der Waals surface area contributed by atoms with Gasteiger partial charge in [-0.3, -0.25) is 4.79 Å². The van der Waals surface area contributed by atoms with Crippen LogP contribution < -0.4 is 4.74 Å². The highest BCUT2D eigenvalue weighted by Gasteiger charge is 2.69. The smallest absolute Gasteiger partial charge is 0.357 e. The fourth-order valence-corrected chi connectivity index (χ4v) is 9.08. The van der Waals surface area contributed by atoms with Crippen molar-refractivity contribution in [2.24, 2.45) is 0 Å². The van der Waals surface area contributed by atoms with Crippen molar-refractivity contribution in [1.29, 1.82) is 0 Å². The largest absolute Gasteiger partial charge is 0.481 e. The number of unbranched alkanes of at least 4 members (excludes halogenated alkanes) is 14. The van der Waals surface area contributed by atoms with Crippen LogP contribution in [0, 0.1) is 6.92 Å². The van der Waals surface area contributed by atoms with Crippen LogP contribution in [0.3, 0.4) is 0 Å². The molecule has 8 nitrogen and oxygen atoms in total. The summed E-state index contributed by atoms with van der Waals surface area (Å²) in [4.78, 5) is 29.4. The highest BCUT2D eigenvalue weighted by atomic mass is 16.6. The van der Waals surface area contributed by atoms with E-state index in [4.69, 9.17) is 14.2 Å². The third-order valence-electron chi connectivity index (χ3n) is 12.4. The number of aliphatic hydroxyl groups is 2. The highest BCUT2D eigenvalue weighted by molar-refractivity contribution is 5.81. The first-order chi connectivity index (χ1) is 25.7. The van der Waals surface area contributed by atoms with Crippen LogP contribution in [0.15, 0.2) is 54.3 Å². The molecular weight excluding hydrogens is 666 g/mol. The van der Waals surface area contributed by atoms with Crippen molar-refractivity contribution in [3.05, 3.63) is 76.6 Å². The zero-order valence-electron chi connectivity index (χ0n) is 32.9. The second-order valence-electron chi connectivity index (χ2n) is 15.9. The first kappa shape index (κ1) is 41.0. The molecule has 0 bridgehead atoms. The summed E-state index contributed by atoms with van der Waals surface area (Å²) in [6, 6.07) is 12.6. The average Bonchev–Trinajstić information content (AvgIpc) is 3.53. The molecule has 8 heteroatoms. The van der Waals surface area contributed by atoms with Crippen LogP contribution in [-0.4, -0.2) is 58.4 Å². The van der Waals surface area contributed by atoms with E-state index in [9.17, 15) is 19.8 Å². The number of carbonyl (C=O) groups excluding carboxylic acids is 2. The van der Waals surface area contributed by atoms with Crippen LogP contribution >= 0.6 is 0 Å². The molecule has 0 saturated carbocycles. The summed E-state index contributed by atoms with van der Waals surface area (Å²) in [5.41, 5.74) is 0.865. The van der Waals surface area contributed by atoms with Gasteiger partial charge in [-0.15, -0.1) is 0 Å². The first-order valence-electron chi connectivity index (χ1n) is 20.7. The van der Waals surface area contributed by atoms with Gasteiger partial charge in [-0.25, -0.2) is 4.79 Å². The summed E-state index contributed by atoms with van der Waals surface area (Å²) < 4.78 is 18.7. The fourth-order valence-electron chi connectivity index (χ4n) is 9.08. The van der Waals surface area contributed by atoms with Crippen molar-refractivity contribution >= 4 is 11.9 Å². The summed E-state index contributed by atoms with van der Waals surface area (Å²) >= 11 is 0. The molecule has 0 aromatic heterocycles. The molecule has 1 spiro atoms. The summed E-state index contributed by atoms with van der Waals surface area (Å²) in [5, 5.41) is 22.8. The number of likely N-dealkylation sites (tertiary alicyclic amines) is 1. The number of likely N-dealkylation sites (N-methyl/N-ethyl adjacent to an activating group) is 1. The third-order valence-corrected chi connectivity index (χ3v) is 12.4. The molecule has 5 atom stereocenters. The minimum atomic E-state index is -1.24. The third kappa shape index (κ3) is 9.20. The van der Waals surface area contributed by atoms with Crippen LogP contribution in [0.25, 0.3) is 0 Å². The molecule has 2 aliphatic heterocycles. The van der Waals surface area contributed by atoms with Gasteiger partial charge in [0.1, 0.15) is 11.5 Å². The van der Waals surface area contributed by atoms with Crippen molar-refractivity contribution in [1.82, 2.24) is 4.90 Å². The monoisotopic (exact) mass is 731 g/mol. The van der Waals surface area contributed by atoms with Crippen molar-refractivity contribution < 1.29 is 34.0 Å². The van der Waals surface area contributed by atoms with Crippen LogP contribution in [0.4, 0.5) is 0 Å². The second-order valence-corrected chi connectivity index (χ2v) is 15.9. The molecule has 2 aromatic rings. The molecule has 0 unspecified atom stereocenters. The second kappa shape index (κ2) is 19.4. The van der Waals surface area contributed by atoms with Gasteiger partial charge in [-0.2, -0.15) is 0 Å². The van der Waals surface area contributed by atoms with Gasteiger partial charge >= 0.3 is 11.9 Å². The number of hydrogen-bond donors (Lipinski definition) is 2. The number of hydrogen-bond acceptors (Lipinski definition) is 8. The molecule has 5 rings (SSSR count). The van der Waals surface area contributed by atoms with Crippen molar-refractivity contribution in [2.45, 2.75) is 172 Å².